The van der Waals surface area contributed by atoms with E-state index >= 15 is 0 Å². The predicted octanol–water partition coefficient (Wildman–Crippen LogP) is 1.75. The number of amides is 2. The molecule has 2 amide bonds. The van der Waals surface area contributed by atoms with Gasteiger partial charge in [-0.1, -0.05) is 30.3 Å². The second kappa shape index (κ2) is 6.67. The number of nitrogens with one attached hydrogen (secondary N) is 1. The molecule has 0 saturated carbocycles. The summed E-state index contributed by atoms with van der Waals surface area (Å²) in [7, 11) is -3.29. The number of hydrogen-bond donors (Lipinski definition) is 1. The van der Waals surface area contributed by atoms with Crippen molar-refractivity contribution < 1.29 is 13.2 Å². The van der Waals surface area contributed by atoms with Crippen LogP contribution in [0.1, 0.15) is 5.01 Å². The van der Waals surface area contributed by atoms with E-state index in [1.54, 1.807) is 6.20 Å². The Morgan fingerprint density at radius 2 is 2.04 bits per heavy atom. The van der Waals surface area contributed by atoms with Crippen LogP contribution >= 0.6 is 11.3 Å². The van der Waals surface area contributed by atoms with Crippen molar-refractivity contribution in [2.45, 2.75) is 5.75 Å². The zero-order chi connectivity index (χ0) is 16.3. The zero-order valence-electron chi connectivity index (χ0n) is 12.4. The van der Waals surface area contributed by atoms with Crippen LogP contribution < -0.4 is 5.32 Å². The Labute approximate surface area is 139 Å². The van der Waals surface area contributed by atoms with E-state index in [0.717, 1.165) is 10.4 Å². The van der Waals surface area contributed by atoms with E-state index < -0.39 is 9.84 Å². The van der Waals surface area contributed by atoms with E-state index in [2.05, 4.69) is 10.3 Å². The fraction of sp³-hybridized carbons (Fsp3) is 0.333. The summed E-state index contributed by atoms with van der Waals surface area (Å²) >= 11 is 1.39. The Morgan fingerprint density at radius 3 is 2.74 bits per heavy atom. The summed E-state index contributed by atoms with van der Waals surface area (Å²) in [5.41, 5.74) is 1.03. The molecular weight excluding hydrogens is 334 g/mol. The van der Waals surface area contributed by atoms with Gasteiger partial charge in [0.1, 0.15) is 10.8 Å². The van der Waals surface area contributed by atoms with Gasteiger partial charge in [-0.05, 0) is 5.56 Å². The number of carbonyl (C=O) groups is 1. The molecule has 1 fully saturated rings. The van der Waals surface area contributed by atoms with Crippen molar-refractivity contribution in [2.24, 2.45) is 0 Å². The minimum Gasteiger partial charge on any atom is -0.336 e. The van der Waals surface area contributed by atoms with Crippen LogP contribution in [-0.2, 0) is 15.6 Å². The number of rotatable bonds is 6. The lowest BCUT2D eigenvalue weighted by molar-refractivity contribution is 0.220. The largest absolute Gasteiger partial charge is 0.336 e. The van der Waals surface area contributed by atoms with E-state index in [1.165, 1.54) is 16.2 Å². The minimum atomic E-state index is -3.29. The molecule has 1 N–H and O–H groups in total. The van der Waals surface area contributed by atoms with Crippen LogP contribution in [0.15, 0.2) is 36.5 Å². The molecule has 1 aliphatic rings. The summed E-state index contributed by atoms with van der Waals surface area (Å²) in [6, 6.07) is 9.56. The monoisotopic (exact) mass is 351 g/mol. The average molecular weight is 351 g/mol. The lowest BCUT2D eigenvalue weighted by atomic mass is 10.2. The fourth-order valence-corrected chi connectivity index (χ4v) is 4.93. The Hall–Kier alpha value is -1.93. The van der Waals surface area contributed by atoms with Crippen molar-refractivity contribution in [1.82, 2.24) is 15.2 Å². The zero-order valence-corrected chi connectivity index (χ0v) is 14.1. The van der Waals surface area contributed by atoms with E-state index in [4.69, 9.17) is 0 Å². The first-order valence-corrected chi connectivity index (χ1v) is 9.91. The second-order valence-electron chi connectivity index (χ2n) is 5.30. The van der Waals surface area contributed by atoms with Gasteiger partial charge < -0.3 is 10.2 Å². The van der Waals surface area contributed by atoms with E-state index in [0.29, 0.717) is 18.1 Å². The first kappa shape index (κ1) is 15.9. The van der Waals surface area contributed by atoms with Gasteiger partial charge in [0.05, 0.1) is 10.6 Å². The summed E-state index contributed by atoms with van der Waals surface area (Å²) in [5, 5.41) is 3.24. The van der Waals surface area contributed by atoms with Crippen LogP contribution in [0.2, 0.25) is 0 Å². The Balaban J connectivity index is 1.62. The van der Waals surface area contributed by atoms with Gasteiger partial charge in [-0.15, -0.1) is 11.3 Å². The molecule has 6 nitrogen and oxygen atoms in total. The molecule has 0 unspecified atom stereocenters. The van der Waals surface area contributed by atoms with Gasteiger partial charge >= 0.3 is 6.03 Å². The van der Waals surface area contributed by atoms with Crippen LogP contribution in [0, 0.1) is 0 Å². The third kappa shape index (κ3) is 4.08. The van der Waals surface area contributed by atoms with Gasteiger partial charge in [-0.3, -0.25) is 0 Å². The quantitative estimate of drug-likeness (QED) is 0.860. The van der Waals surface area contributed by atoms with Gasteiger partial charge in [0.25, 0.3) is 0 Å². The van der Waals surface area contributed by atoms with Crippen molar-refractivity contribution in [3.8, 4) is 10.4 Å². The van der Waals surface area contributed by atoms with Crippen molar-refractivity contribution >= 4 is 27.2 Å². The van der Waals surface area contributed by atoms with Gasteiger partial charge in [0, 0.05) is 25.8 Å². The number of aromatic nitrogens is 1. The maximum atomic E-state index is 12.2. The number of hydrogen-bond acceptors (Lipinski definition) is 5. The Bertz CT molecular complexity index is 787. The number of thiazole rings is 1. The van der Waals surface area contributed by atoms with Crippen molar-refractivity contribution in [3.05, 3.63) is 41.5 Å². The molecule has 2 heterocycles. The molecule has 122 valence electrons. The summed E-state index contributed by atoms with van der Waals surface area (Å²) in [6.45, 7) is 1.36. The fourth-order valence-electron chi connectivity index (χ4n) is 2.35. The van der Waals surface area contributed by atoms with Crippen LogP contribution in [-0.4, -0.2) is 49.7 Å². The predicted molar refractivity (Wildman–Crippen MR) is 90.0 cm³/mol. The number of nitrogens with zero attached hydrogens (tertiary/aromatic N) is 2. The SMILES string of the molecule is O=C1NCCN1CCS(=O)(=O)Cc1ncc(-c2ccccc2)s1. The Morgan fingerprint density at radius 1 is 1.26 bits per heavy atom. The van der Waals surface area contributed by atoms with Crippen LogP contribution in [0.4, 0.5) is 4.79 Å². The summed E-state index contributed by atoms with van der Waals surface area (Å²) < 4.78 is 24.4. The normalized spacial score (nSPS) is 15.0. The van der Waals surface area contributed by atoms with Gasteiger partial charge in [-0.25, -0.2) is 18.2 Å². The maximum Gasteiger partial charge on any atom is 0.317 e. The highest BCUT2D eigenvalue weighted by Gasteiger charge is 2.22. The first-order valence-electron chi connectivity index (χ1n) is 7.27. The van der Waals surface area contributed by atoms with Crippen LogP contribution in [0.3, 0.4) is 0 Å². The molecule has 1 saturated heterocycles. The van der Waals surface area contributed by atoms with Gasteiger partial charge in [-0.2, -0.15) is 0 Å². The highest BCUT2D eigenvalue weighted by molar-refractivity contribution is 7.90. The number of benzene rings is 1. The topological polar surface area (TPSA) is 79.4 Å². The second-order valence-corrected chi connectivity index (χ2v) is 8.59. The van der Waals surface area contributed by atoms with Gasteiger partial charge in [0.2, 0.25) is 0 Å². The Kier molecular flexibility index (Phi) is 4.63. The van der Waals surface area contributed by atoms with Crippen molar-refractivity contribution in [2.75, 3.05) is 25.4 Å². The highest BCUT2D eigenvalue weighted by Crippen LogP contribution is 2.26. The minimum absolute atomic E-state index is 0.0410. The molecule has 8 heteroatoms. The molecule has 1 aliphatic heterocycles. The van der Waals surface area contributed by atoms with Crippen molar-refractivity contribution in [3.63, 3.8) is 0 Å². The third-order valence-electron chi connectivity index (χ3n) is 3.57. The van der Waals surface area contributed by atoms with E-state index in [1.807, 2.05) is 30.3 Å². The lowest BCUT2D eigenvalue weighted by Gasteiger charge is -2.13. The molecule has 23 heavy (non-hydrogen) atoms. The summed E-state index contributed by atoms with van der Waals surface area (Å²) in [6.07, 6.45) is 1.71. The lowest BCUT2D eigenvalue weighted by Crippen LogP contribution is -2.32. The molecule has 0 aliphatic carbocycles. The summed E-state index contributed by atoms with van der Waals surface area (Å²) in [4.78, 5) is 18.1. The molecule has 1 aromatic heterocycles. The molecule has 0 atom stereocenters. The molecule has 1 aromatic carbocycles. The van der Waals surface area contributed by atoms with Crippen LogP contribution in [0.5, 0.6) is 0 Å². The number of sulfone groups is 1. The maximum absolute atomic E-state index is 12.2. The molecule has 2 aromatic rings. The third-order valence-corrected chi connectivity index (χ3v) is 6.32. The standard InChI is InChI=1S/C15H17N3O3S2/c19-15-16-6-7-18(15)8-9-23(20,21)11-14-17-10-13(22-14)12-4-2-1-3-5-12/h1-5,10H,6-9,11H2,(H,16,19). The summed E-state index contributed by atoms with van der Waals surface area (Å²) in [5.74, 6) is -0.124. The molecule has 0 spiro atoms. The highest BCUT2D eigenvalue weighted by atomic mass is 32.2. The van der Waals surface area contributed by atoms with Gasteiger partial charge in [0.15, 0.2) is 9.84 Å². The average Bonchev–Trinajstić information content (AvgIpc) is 3.15. The smallest absolute Gasteiger partial charge is 0.317 e. The van der Waals surface area contributed by atoms with Crippen LogP contribution in [0.25, 0.3) is 10.4 Å². The van der Waals surface area contributed by atoms with E-state index in [9.17, 15) is 13.2 Å². The first-order chi connectivity index (χ1) is 11.0. The molecular formula is C15H17N3O3S2. The van der Waals surface area contributed by atoms with E-state index in [-0.39, 0.29) is 24.1 Å². The molecule has 3 rings (SSSR count). The van der Waals surface area contributed by atoms with Crippen molar-refractivity contribution in [1.29, 1.82) is 0 Å². The number of urea groups is 1. The molecule has 0 bridgehead atoms. The molecule has 0 radical (unpaired) electrons. The number of carbonyl (C=O) groups excluding carboxylic acids is 1.